The van der Waals surface area contributed by atoms with Crippen molar-refractivity contribution in [3.63, 3.8) is 0 Å². The van der Waals surface area contributed by atoms with Crippen molar-refractivity contribution in [2.24, 2.45) is 5.92 Å². The number of carbonyl (C=O) groups excluding carboxylic acids is 1. The Bertz CT molecular complexity index is 459. The van der Waals surface area contributed by atoms with Crippen LogP contribution in [0.1, 0.15) is 13.3 Å². The van der Waals surface area contributed by atoms with E-state index in [1.54, 1.807) is 18.9 Å². The summed E-state index contributed by atoms with van der Waals surface area (Å²) in [4.78, 5) is 13.1. The molecule has 2 unspecified atom stereocenters. The third kappa shape index (κ3) is 5.77. The van der Waals surface area contributed by atoms with E-state index in [-0.39, 0.29) is 18.3 Å². The van der Waals surface area contributed by atoms with Gasteiger partial charge in [0.1, 0.15) is 5.75 Å². The Morgan fingerprint density at radius 2 is 2.33 bits per heavy atom. The van der Waals surface area contributed by atoms with Gasteiger partial charge >= 0.3 is 0 Å². The van der Waals surface area contributed by atoms with E-state index in [2.05, 4.69) is 17.6 Å². The average molecular weight is 331 g/mol. The van der Waals surface area contributed by atoms with Gasteiger partial charge in [0.05, 0.1) is 12.9 Å². The maximum Gasteiger partial charge on any atom is 0.230 e. The highest BCUT2D eigenvalue weighted by atomic mass is 35.5. The smallest absolute Gasteiger partial charge is 0.230 e. The molecule has 2 atom stereocenters. The lowest BCUT2D eigenvalue weighted by atomic mass is 9.95. The zero-order chi connectivity index (χ0) is 14.4. The zero-order valence-corrected chi connectivity index (χ0v) is 14.1. The second-order valence-corrected chi connectivity index (χ2v) is 6.16. The summed E-state index contributed by atoms with van der Waals surface area (Å²) >= 11 is 1.54. The Balaban J connectivity index is 0.00000220. The summed E-state index contributed by atoms with van der Waals surface area (Å²) < 4.78 is 5.18. The fourth-order valence-corrected chi connectivity index (χ4v) is 3.07. The lowest BCUT2D eigenvalue weighted by Gasteiger charge is -2.30. The lowest BCUT2D eigenvalue weighted by molar-refractivity contribution is -0.119. The molecular formula is C15H23ClN2O2S. The van der Waals surface area contributed by atoms with Crippen LogP contribution in [0, 0.1) is 5.92 Å². The molecule has 1 saturated heterocycles. The van der Waals surface area contributed by atoms with E-state index < -0.39 is 0 Å². The second kappa shape index (κ2) is 9.18. The van der Waals surface area contributed by atoms with Crippen LogP contribution in [0.25, 0.3) is 0 Å². The number of nitrogens with one attached hydrogen (secondary N) is 2. The van der Waals surface area contributed by atoms with E-state index in [1.165, 1.54) is 0 Å². The quantitative estimate of drug-likeness (QED) is 0.814. The highest BCUT2D eigenvalue weighted by Crippen LogP contribution is 2.22. The molecule has 1 aliphatic rings. The fraction of sp³-hybridized carbons (Fsp3) is 0.533. The average Bonchev–Trinajstić information content (AvgIpc) is 2.48. The van der Waals surface area contributed by atoms with E-state index >= 15 is 0 Å². The third-order valence-electron chi connectivity index (χ3n) is 3.54. The second-order valence-electron chi connectivity index (χ2n) is 5.11. The minimum Gasteiger partial charge on any atom is -0.497 e. The Morgan fingerprint density at radius 1 is 1.52 bits per heavy atom. The number of hydrogen-bond acceptors (Lipinski definition) is 4. The van der Waals surface area contributed by atoms with Crippen LogP contribution in [0.4, 0.5) is 0 Å². The fourth-order valence-electron chi connectivity index (χ4n) is 2.32. The summed E-state index contributed by atoms with van der Waals surface area (Å²) in [7, 11) is 1.65. The van der Waals surface area contributed by atoms with Crippen molar-refractivity contribution in [2.75, 3.05) is 26.0 Å². The highest BCUT2D eigenvalue weighted by Gasteiger charge is 2.22. The molecule has 4 nitrogen and oxygen atoms in total. The van der Waals surface area contributed by atoms with E-state index in [9.17, 15) is 4.79 Å². The van der Waals surface area contributed by atoms with Gasteiger partial charge in [-0.15, -0.1) is 24.2 Å². The maximum absolute atomic E-state index is 12.0. The number of halogens is 1. The lowest BCUT2D eigenvalue weighted by Crippen LogP contribution is -2.48. The van der Waals surface area contributed by atoms with Gasteiger partial charge in [-0.05, 0) is 43.6 Å². The van der Waals surface area contributed by atoms with Gasteiger partial charge in [-0.2, -0.15) is 0 Å². The van der Waals surface area contributed by atoms with Gasteiger partial charge in [0.2, 0.25) is 5.91 Å². The molecule has 2 N–H and O–H groups in total. The number of amides is 1. The molecule has 0 aliphatic carbocycles. The summed E-state index contributed by atoms with van der Waals surface area (Å²) in [6, 6.07) is 8.09. The SMILES string of the molecule is COc1cccc(SCC(=O)NC2CCNCC2C)c1.Cl. The van der Waals surface area contributed by atoms with Crippen LogP contribution < -0.4 is 15.4 Å². The predicted octanol–water partition coefficient (Wildman–Crippen LogP) is 2.32. The van der Waals surface area contributed by atoms with E-state index in [1.807, 2.05) is 24.3 Å². The highest BCUT2D eigenvalue weighted by molar-refractivity contribution is 8.00. The van der Waals surface area contributed by atoms with Crippen molar-refractivity contribution >= 4 is 30.1 Å². The molecule has 1 fully saturated rings. The van der Waals surface area contributed by atoms with E-state index in [0.717, 1.165) is 30.2 Å². The number of ether oxygens (including phenoxy) is 1. The van der Waals surface area contributed by atoms with Crippen molar-refractivity contribution in [1.29, 1.82) is 0 Å². The molecule has 1 aromatic carbocycles. The molecule has 0 spiro atoms. The van der Waals surface area contributed by atoms with Crippen LogP contribution in [-0.2, 0) is 4.79 Å². The Morgan fingerprint density at radius 3 is 3.05 bits per heavy atom. The molecule has 1 aliphatic heterocycles. The number of methoxy groups -OCH3 is 1. The van der Waals surface area contributed by atoms with Crippen molar-refractivity contribution in [1.82, 2.24) is 10.6 Å². The predicted molar refractivity (Wildman–Crippen MR) is 89.5 cm³/mol. The molecule has 0 bridgehead atoms. The number of piperidine rings is 1. The van der Waals surface area contributed by atoms with Gasteiger partial charge in [-0.25, -0.2) is 0 Å². The van der Waals surface area contributed by atoms with Gasteiger partial charge in [-0.1, -0.05) is 13.0 Å². The van der Waals surface area contributed by atoms with Crippen LogP contribution >= 0.6 is 24.2 Å². The van der Waals surface area contributed by atoms with E-state index in [0.29, 0.717) is 17.7 Å². The van der Waals surface area contributed by atoms with E-state index in [4.69, 9.17) is 4.74 Å². The molecule has 0 aromatic heterocycles. The number of thioether (sulfide) groups is 1. The first-order chi connectivity index (χ1) is 9.69. The third-order valence-corrected chi connectivity index (χ3v) is 4.54. The molecular weight excluding hydrogens is 308 g/mol. The first kappa shape index (κ1) is 18.1. The van der Waals surface area contributed by atoms with Crippen molar-refractivity contribution in [3.8, 4) is 5.75 Å². The normalized spacial score (nSPS) is 21.2. The van der Waals surface area contributed by atoms with Gasteiger partial charge in [-0.3, -0.25) is 4.79 Å². The van der Waals surface area contributed by atoms with Crippen LogP contribution in [-0.4, -0.2) is 37.9 Å². The molecule has 1 amide bonds. The maximum atomic E-state index is 12.0. The van der Waals surface area contributed by atoms with Gasteiger partial charge in [0, 0.05) is 10.9 Å². The standard InChI is InChI=1S/C15H22N2O2S.ClH/c1-11-9-16-7-6-14(11)17-15(18)10-20-13-5-3-4-12(8-13)19-2;/h3-5,8,11,14,16H,6-7,9-10H2,1-2H3,(H,17,18);1H. The number of benzene rings is 1. The number of carbonyl (C=O) groups is 1. The minimum absolute atomic E-state index is 0. The molecule has 0 saturated carbocycles. The van der Waals surface area contributed by atoms with Crippen molar-refractivity contribution < 1.29 is 9.53 Å². The molecule has 6 heteroatoms. The summed E-state index contributed by atoms with van der Waals surface area (Å²) in [5.41, 5.74) is 0. The summed E-state index contributed by atoms with van der Waals surface area (Å²) in [6.45, 7) is 4.14. The van der Waals surface area contributed by atoms with Gasteiger partial charge in [0.15, 0.2) is 0 Å². The van der Waals surface area contributed by atoms with Crippen molar-refractivity contribution in [3.05, 3.63) is 24.3 Å². The molecule has 2 rings (SSSR count). The summed E-state index contributed by atoms with van der Waals surface area (Å²) in [5, 5.41) is 6.47. The number of rotatable bonds is 5. The molecule has 0 radical (unpaired) electrons. The Labute approximate surface area is 136 Å². The van der Waals surface area contributed by atoms with Crippen LogP contribution in [0.5, 0.6) is 5.75 Å². The molecule has 118 valence electrons. The topological polar surface area (TPSA) is 50.4 Å². The van der Waals surface area contributed by atoms with Crippen LogP contribution in [0.15, 0.2) is 29.2 Å². The van der Waals surface area contributed by atoms with Gasteiger partial charge < -0.3 is 15.4 Å². The largest absolute Gasteiger partial charge is 0.497 e. The summed E-state index contributed by atoms with van der Waals surface area (Å²) in [6.07, 6.45) is 1.01. The number of hydrogen-bond donors (Lipinski definition) is 2. The first-order valence-corrected chi connectivity index (χ1v) is 7.94. The Kier molecular flexibility index (Phi) is 7.93. The molecule has 21 heavy (non-hydrogen) atoms. The first-order valence-electron chi connectivity index (χ1n) is 6.96. The molecule has 1 aromatic rings. The zero-order valence-electron chi connectivity index (χ0n) is 12.4. The monoisotopic (exact) mass is 330 g/mol. The van der Waals surface area contributed by atoms with Crippen molar-refractivity contribution in [2.45, 2.75) is 24.3 Å². The minimum atomic E-state index is 0. The summed E-state index contributed by atoms with van der Waals surface area (Å²) in [5.74, 6) is 1.87. The van der Waals surface area contributed by atoms with Crippen LogP contribution in [0.2, 0.25) is 0 Å². The Hall–Kier alpha value is -0.910. The molecule has 1 heterocycles. The van der Waals surface area contributed by atoms with Crippen LogP contribution in [0.3, 0.4) is 0 Å². The van der Waals surface area contributed by atoms with Gasteiger partial charge in [0.25, 0.3) is 0 Å².